The second-order valence-electron chi connectivity index (χ2n) is 4.49. The Morgan fingerprint density at radius 1 is 1.25 bits per heavy atom. The second kappa shape index (κ2) is 4.97. The molecule has 108 valence electrons. The van der Waals surface area contributed by atoms with Gasteiger partial charge in [-0.25, -0.2) is 0 Å². The van der Waals surface area contributed by atoms with Gasteiger partial charge in [-0.1, -0.05) is 17.7 Å². The van der Waals surface area contributed by atoms with E-state index >= 15 is 0 Å². The number of rotatable bonds is 2. The molecule has 0 saturated heterocycles. The van der Waals surface area contributed by atoms with Gasteiger partial charge in [-0.2, -0.15) is 22.8 Å². The van der Waals surface area contributed by atoms with Gasteiger partial charge >= 0.3 is 6.18 Å². The average Bonchev–Trinajstić information content (AvgIpc) is 2.73. The van der Waals surface area contributed by atoms with E-state index < -0.39 is 12.0 Å². The molecule has 0 amide bonds. The Labute approximate surface area is 118 Å². The standard InChI is InChI=1S/C12H12ClF3N4/c1-7-4-5-9(8(13)6-7)20-11(19(2)3)17-10(18-20)12(14,15)16/h4-6H,1-3H3. The van der Waals surface area contributed by atoms with Crippen LogP contribution in [0.1, 0.15) is 11.4 Å². The molecule has 0 aliphatic carbocycles. The van der Waals surface area contributed by atoms with Gasteiger partial charge in [-0.05, 0) is 24.6 Å². The number of aromatic nitrogens is 3. The lowest BCUT2D eigenvalue weighted by atomic mass is 10.2. The molecule has 0 radical (unpaired) electrons. The van der Waals surface area contributed by atoms with Crippen LogP contribution < -0.4 is 4.90 Å². The molecule has 2 aromatic rings. The van der Waals surface area contributed by atoms with Gasteiger partial charge < -0.3 is 4.90 Å². The van der Waals surface area contributed by atoms with Gasteiger partial charge in [-0.15, -0.1) is 5.10 Å². The summed E-state index contributed by atoms with van der Waals surface area (Å²) in [6, 6.07) is 5.01. The van der Waals surface area contributed by atoms with Gasteiger partial charge in [0.05, 0.1) is 10.7 Å². The summed E-state index contributed by atoms with van der Waals surface area (Å²) in [4.78, 5) is 4.96. The van der Waals surface area contributed by atoms with E-state index in [0.717, 1.165) is 10.2 Å². The molecule has 2 rings (SSSR count). The van der Waals surface area contributed by atoms with Crippen molar-refractivity contribution >= 4 is 17.5 Å². The third kappa shape index (κ3) is 2.72. The summed E-state index contributed by atoms with van der Waals surface area (Å²) in [6.07, 6.45) is -4.60. The van der Waals surface area contributed by atoms with E-state index in [2.05, 4.69) is 10.1 Å². The lowest BCUT2D eigenvalue weighted by Crippen LogP contribution is -2.15. The average molecular weight is 305 g/mol. The Balaban J connectivity index is 2.63. The van der Waals surface area contributed by atoms with Crippen LogP contribution in [0.3, 0.4) is 0 Å². The highest BCUT2D eigenvalue weighted by atomic mass is 35.5. The number of halogens is 4. The fourth-order valence-electron chi connectivity index (χ4n) is 1.66. The molecule has 1 aromatic heterocycles. The van der Waals surface area contributed by atoms with Crippen LogP contribution in [-0.4, -0.2) is 28.9 Å². The van der Waals surface area contributed by atoms with Crippen molar-refractivity contribution in [1.82, 2.24) is 14.8 Å². The molecule has 0 N–H and O–H groups in total. The molecule has 0 fully saturated rings. The number of hydrogen-bond donors (Lipinski definition) is 0. The van der Waals surface area contributed by atoms with Crippen molar-refractivity contribution in [2.24, 2.45) is 0 Å². The first-order valence-corrected chi connectivity index (χ1v) is 6.06. The Bertz CT molecular complexity index is 634. The highest BCUT2D eigenvalue weighted by Gasteiger charge is 2.37. The van der Waals surface area contributed by atoms with Gasteiger partial charge in [0.25, 0.3) is 5.82 Å². The predicted molar refractivity (Wildman–Crippen MR) is 70.4 cm³/mol. The summed E-state index contributed by atoms with van der Waals surface area (Å²) < 4.78 is 39.3. The van der Waals surface area contributed by atoms with Crippen molar-refractivity contribution in [2.45, 2.75) is 13.1 Å². The van der Waals surface area contributed by atoms with E-state index in [1.807, 2.05) is 6.92 Å². The van der Waals surface area contributed by atoms with Gasteiger partial charge in [0.1, 0.15) is 0 Å². The van der Waals surface area contributed by atoms with Gasteiger partial charge in [0.15, 0.2) is 0 Å². The van der Waals surface area contributed by atoms with E-state index in [9.17, 15) is 13.2 Å². The highest BCUT2D eigenvalue weighted by molar-refractivity contribution is 6.32. The zero-order valence-electron chi connectivity index (χ0n) is 11.0. The van der Waals surface area contributed by atoms with Crippen molar-refractivity contribution in [2.75, 3.05) is 19.0 Å². The van der Waals surface area contributed by atoms with Gasteiger partial charge in [0.2, 0.25) is 5.95 Å². The zero-order chi connectivity index (χ0) is 15.1. The Morgan fingerprint density at radius 3 is 2.40 bits per heavy atom. The SMILES string of the molecule is Cc1ccc(-n2nc(C(F)(F)F)nc2N(C)C)c(Cl)c1. The Hall–Kier alpha value is -1.76. The quantitative estimate of drug-likeness (QED) is 0.853. The fraction of sp³-hybridized carbons (Fsp3) is 0.333. The number of alkyl halides is 3. The number of nitrogens with zero attached hydrogens (tertiary/aromatic N) is 4. The second-order valence-corrected chi connectivity index (χ2v) is 4.90. The van der Waals surface area contributed by atoms with Crippen LogP contribution in [0.4, 0.5) is 19.1 Å². The Morgan fingerprint density at radius 2 is 1.90 bits per heavy atom. The van der Waals surface area contributed by atoms with Crippen molar-refractivity contribution < 1.29 is 13.2 Å². The minimum atomic E-state index is -4.60. The zero-order valence-corrected chi connectivity index (χ0v) is 11.8. The first-order valence-electron chi connectivity index (χ1n) is 5.68. The highest BCUT2D eigenvalue weighted by Crippen LogP contribution is 2.31. The molecule has 0 aliphatic rings. The molecule has 20 heavy (non-hydrogen) atoms. The molecule has 0 aliphatic heterocycles. The number of hydrogen-bond acceptors (Lipinski definition) is 3. The predicted octanol–water partition coefficient (Wildman–Crippen LogP) is 3.31. The Kier molecular flexibility index (Phi) is 3.64. The molecule has 0 saturated carbocycles. The molecule has 1 aromatic carbocycles. The van der Waals surface area contributed by atoms with Crippen LogP contribution in [0.25, 0.3) is 5.69 Å². The molecular formula is C12H12ClF3N4. The first kappa shape index (κ1) is 14.6. The van der Waals surface area contributed by atoms with Crippen LogP contribution >= 0.6 is 11.6 Å². The van der Waals surface area contributed by atoms with Crippen LogP contribution in [0, 0.1) is 6.92 Å². The fourth-order valence-corrected chi connectivity index (χ4v) is 1.97. The van der Waals surface area contributed by atoms with Crippen molar-refractivity contribution in [3.8, 4) is 5.69 Å². The molecule has 0 bridgehead atoms. The van der Waals surface area contributed by atoms with Crippen molar-refractivity contribution in [3.63, 3.8) is 0 Å². The number of aryl methyl sites for hydroxylation is 1. The number of anilines is 1. The van der Waals surface area contributed by atoms with Crippen molar-refractivity contribution in [1.29, 1.82) is 0 Å². The summed E-state index contributed by atoms with van der Waals surface area (Å²) in [5, 5.41) is 3.83. The molecular weight excluding hydrogens is 293 g/mol. The summed E-state index contributed by atoms with van der Waals surface area (Å²) in [5.74, 6) is -1.14. The third-order valence-electron chi connectivity index (χ3n) is 2.57. The van der Waals surface area contributed by atoms with E-state index in [-0.39, 0.29) is 5.95 Å². The summed E-state index contributed by atoms with van der Waals surface area (Å²) in [6.45, 7) is 1.84. The topological polar surface area (TPSA) is 34.0 Å². The molecule has 0 unspecified atom stereocenters. The number of benzene rings is 1. The summed E-state index contributed by atoms with van der Waals surface area (Å²) >= 11 is 6.08. The van der Waals surface area contributed by atoms with Crippen LogP contribution in [0.15, 0.2) is 18.2 Å². The third-order valence-corrected chi connectivity index (χ3v) is 2.88. The maximum absolute atomic E-state index is 12.7. The van der Waals surface area contributed by atoms with E-state index in [0.29, 0.717) is 10.7 Å². The van der Waals surface area contributed by atoms with E-state index in [4.69, 9.17) is 11.6 Å². The largest absolute Gasteiger partial charge is 0.453 e. The smallest absolute Gasteiger partial charge is 0.347 e. The minimum absolute atomic E-state index is 0.0584. The summed E-state index contributed by atoms with van der Waals surface area (Å²) in [7, 11) is 3.17. The van der Waals surface area contributed by atoms with Crippen LogP contribution in [-0.2, 0) is 6.18 Å². The van der Waals surface area contributed by atoms with Crippen LogP contribution in [0.5, 0.6) is 0 Å². The maximum Gasteiger partial charge on any atom is 0.453 e. The molecule has 0 atom stereocenters. The lowest BCUT2D eigenvalue weighted by molar-refractivity contribution is -0.144. The molecule has 0 spiro atoms. The summed E-state index contributed by atoms with van der Waals surface area (Å²) in [5.41, 5.74) is 1.25. The molecule has 8 heteroatoms. The monoisotopic (exact) mass is 304 g/mol. The first-order chi connectivity index (χ1) is 9.20. The molecule has 4 nitrogen and oxygen atoms in total. The molecule has 1 heterocycles. The van der Waals surface area contributed by atoms with Crippen molar-refractivity contribution in [3.05, 3.63) is 34.6 Å². The van der Waals surface area contributed by atoms with Gasteiger partial charge in [-0.3, -0.25) is 0 Å². The van der Waals surface area contributed by atoms with Crippen LogP contribution in [0.2, 0.25) is 5.02 Å². The van der Waals surface area contributed by atoms with E-state index in [1.54, 1.807) is 32.3 Å². The maximum atomic E-state index is 12.7. The minimum Gasteiger partial charge on any atom is -0.347 e. The lowest BCUT2D eigenvalue weighted by Gasteiger charge is -2.13. The van der Waals surface area contributed by atoms with E-state index in [1.165, 1.54) is 4.90 Å². The van der Waals surface area contributed by atoms with Gasteiger partial charge in [0, 0.05) is 14.1 Å². The normalized spacial score (nSPS) is 11.8.